The van der Waals surface area contributed by atoms with E-state index in [9.17, 15) is 9.59 Å². The third kappa shape index (κ3) is 4.08. The Morgan fingerprint density at radius 2 is 1.96 bits per heavy atom. The summed E-state index contributed by atoms with van der Waals surface area (Å²) in [5, 5.41) is 13.2. The molecule has 0 bridgehead atoms. The minimum Gasteiger partial charge on any atom is -0.496 e. The zero-order valence-corrected chi connectivity index (χ0v) is 12.9. The van der Waals surface area contributed by atoms with Gasteiger partial charge >= 0.3 is 5.97 Å². The molecule has 23 heavy (non-hydrogen) atoms. The number of hydrazone groups is 1. The van der Waals surface area contributed by atoms with E-state index in [0.29, 0.717) is 16.1 Å². The first-order valence-corrected chi connectivity index (χ1v) is 6.90. The molecule has 1 amide bonds. The SMILES string of the molecule is COc1ccc(/C=N\NC(=O)c2ccccc2Cl)cc1C(=O)O. The third-order valence-electron chi connectivity index (χ3n) is 2.95. The maximum Gasteiger partial charge on any atom is 0.339 e. The monoisotopic (exact) mass is 332 g/mol. The van der Waals surface area contributed by atoms with Crippen molar-refractivity contribution in [2.75, 3.05) is 7.11 Å². The zero-order valence-electron chi connectivity index (χ0n) is 12.1. The molecular formula is C16H13ClN2O4. The fourth-order valence-corrected chi connectivity index (χ4v) is 2.07. The third-order valence-corrected chi connectivity index (χ3v) is 3.28. The number of halogens is 1. The molecule has 118 valence electrons. The molecule has 0 fully saturated rings. The Bertz CT molecular complexity index is 774. The van der Waals surface area contributed by atoms with Gasteiger partial charge in [0.25, 0.3) is 5.91 Å². The van der Waals surface area contributed by atoms with Crippen molar-refractivity contribution >= 4 is 29.7 Å². The first-order valence-electron chi connectivity index (χ1n) is 6.52. The number of amides is 1. The van der Waals surface area contributed by atoms with Gasteiger partial charge in [0.05, 0.1) is 23.9 Å². The van der Waals surface area contributed by atoms with E-state index in [0.717, 1.165) is 0 Å². The number of carbonyl (C=O) groups is 2. The van der Waals surface area contributed by atoms with Gasteiger partial charge in [-0.15, -0.1) is 0 Å². The molecule has 0 aliphatic heterocycles. The maximum atomic E-state index is 11.9. The molecule has 7 heteroatoms. The average molecular weight is 333 g/mol. The molecule has 0 heterocycles. The minimum absolute atomic E-state index is 0.00822. The van der Waals surface area contributed by atoms with Crippen molar-refractivity contribution < 1.29 is 19.4 Å². The zero-order chi connectivity index (χ0) is 16.8. The van der Waals surface area contributed by atoms with E-state index in [1.54, 1.807) is 30.3 Å². The van der Waals surface area contributed by atoms with Crippen LogP contribution in [0, 0.1) is 0 Å². The van der Waals surface area contributed by atoms with Gasteiger partial charge < -0.3 is 9.84 Å². The van der Waals surface area contributed by atoms with Gasteiger partial charge in [0.2, 0.25) is 0 Å². The van der Waals surface area contributed by atoms with E-state index >= 15 is 0 Å². The molecule has 0 spiro atoms. The van der Waals surface area contributed by atoms with Crippen LogP contribution in [0.4, 0.5) is 0 Å². The number of ether oxygens (including phenoxy) is 1. The molecule has 2 aromatic rings. The van der Waals surface area contributed by atoms with E-state index in [-0.39, 0.29) is 11.3 Å². The summed E-state index contributed by atoms with van der Waals surface area (Å²) >= 11 is 5.91. The van der Waals surface area contributed by atoms with Gasteiger partial charge in [-0.1, -0.05) is 23.7 Å². The second-order valence-corrected chi connectivity index (χ2v) is 4.85. The summed E-state index contributed by atoms with van der Waals surface area (Å²) in [4.78, 5) is 23.0. The summed E-state index contributed by atoms with van der Waals surface area (Å²) in [5.41, 5.74) is 3.14. The van der Waals surface area contributed by atoms with Crippen LogP contribution < -0.4 is 10.2 Å². The first kappa shape index (κ1) is 16.5. The van der Waals surface area contributed by atoms with Crippen molar-refractivity contribution in [3.63, 3.8) is 0 Å². The second kappa shape index (κ2) is 7.42. The number of hydrogen-bond acceptors (Lipinski definition) is 4. The lowest BCUT2D eigenvalue weighted by Crippen LogP contribution is -2.18. The van der Waals surface area contributed by atoms with Crippen LogP contribution >= 0.6 is 11.6 Å². The van der Waals surface area contributed by atoms with Crippen molar-refractivity contribution in [3.05, 3.63) is 64.2 Å². The molecule has 2 rings (SSSR count). The second-order valence-electron chi connectivity index (χ2n) is 4.44. The summed E-state index contributed by atoms with van der Waals surface area (Å²) in [6.07, 6.45) is 1.33. The molecule has 2 N–H and O–H groups in total. The smallest absolute Gasteiger partial charge is 0.339 e. The predicted octanol–water partition coefficient (Wildman–Crippen LogP) is 2.81. The van der Waals surface area contributed by atoms with Crippen LogP contribution in [-0.4, -0.2) is 30.3 Å². The van der Waals surface area contributed by atoms with Crippen LogP contribution in [-0.2, 0) is 0 Å². The van der Waals surface area contributed by atoms with E-state index < -0.39 is 11.9 Å². The van der Waals surface area contributed by atoms with E-state index in [1.165, 1.54) is 25.5 Å². The van der Waals surface area contributed by atoms with Gasteiger partial charge in [0.15, 0.2) is 0 Å². The highest BCUT2D eigenvalue weighted by Gasteiger charge is 2.11. The Hall–Kier alpha value is -2.86. The van der Waals surface area contributed by atoms with Crippen molar-refractivity contribution in [1.29, 1.82) is 0 Å². The molecule has 0 aliphatic carbocycles. The Labute approximate surface area is 137 Å². The minimum atomic E-state index is -1.11. The molecular weight excluding hydrogens is 320 g/mol. The Morgan fingerprint density at radius 3 is 2.61 bits per heavy atom. The standard InChI is InChI=1S/C16H13ClN2O4/c1-23-14-7-6-10(8-12(14)16(21)22)9-18-19-15(20)11-4-2-3-5-13(11)17/h2-9H,1H3,(H,19,20)(H,21,22)/b18-9-. The highest BCUT2D eigenvalue weighted by molar-refractivity contribution is 6.33. The molecule has 0 saturated carbocycles. The topological polar surface area (TPSA) is 88.0 Å². The molecule has 0 unspecified atom stereocenters. The van der Waals surface area contributed by atoms with Crippen molar-refractivity contribution in [3.8, 4) is 5.75 Å². The van der Waals surface area contributed by atoms with Crippen molar-refractivity contribution in [2.45, 2.75) is 0 Å². The van der Waals surface area contributed by atoms with Crippen molar-refractivity contribution in [2.24, 2.45) is 5.10 Å². The average Bonchev–Trinajstić information content (AvgIpc) is 2.55. The number of rotatable bonds is 5. The van der Waals surface area contributed by atoms with Gasteiger partial charge in [-0.05, 0) is 35.9 Å². The van der Waals surface area contributed by atoms with Gasteiger partial charge in [-0.2, -0.15) is 5.10 Å². The van der Waals surface area contributed by atoms with Crippen LogP contribution in [0.2, 0.25) is 5.02 Å². The molecule has 6 nitrogen and oxygen atoms in total. The Kier molecular flexibility index (Phi) is 5.32. The number of methoxy groups -OCH3 is 1. The van der Waals surface area contributed by atoms with Crippen LogP contribution in [0.1, 0.15) is 26.3 Å². The summed E-state index contributed by atoms with van der Waals surface area (Å²) in [6.45, 7) is 0. The fraction of sp³-hybridized carbons (Fsp3) is 0.0625. The van der Waals surface area contributed by atoms with Crippen LogP contribution in [0.25, 0.3) is 0 Å². The number of carboxylic acid groups (broad SMARTS) is 1. The maximum absolute atomic E-state index is 11.9. The quantitative estimate of drug-likeness (QED) is 0.651. The molecule has 0 saturated heterocycles. The number of carboxylic acids is 1. The molecule has 0 atom stereocenters. The number of benzene rings is 2. The molecule has 2 aromatic carbocycles. The van der Waals surface area contributed by atoms with Gasteiger partial charge in [0, 0.05) is 0 Å². The van der Waals surface area contributed by atoms with Crippen molar-refractivity contribution in [1.82, 2.24) is 5.43 Å². The summed E-state index contributed by atoms with van der Waals surface area (Å²) in [6, 6.07) is 11.1. The van der Waals surface area contributed by atoms with Gasteiger partial charge in [-0.3, -0.25) is 4.79 Å². The summed E-state index contributed by atoms with van der Waals surface area (Å²) in [5.74, 6) is -1.33. The lowest BCUT2D eigenvalue weighted by molar-refractivity contribution is 0.0693. The number of carbonyl (C=O) groups excluding carboxylic acids is 1. The lowest BCUT2D eigenvalue weighted by atomic mass is 10.1. The molecule has 0 radical (unpaired) electrons. The Balaban J connectivity index is 2.12. The predicted molar refractivity (Wildman–Crippen MR) is 86.5 cm³/mol. The summed E-state index contributed by atoms with van der Waals surface area (Å²) < 4.78 is 4.97. The normalized spacial score (nSPS) is 10.5. The van der Waals surface area contributed by atoms with Crippen LogP contribution in [0.5, 0.6) is 5.75 Å². The largest absolute Gasteiger partial charge is 0.496 e. The number of aromatic carboxylic acids is 1. The van der Waals surface area contributed by atoms with E-state index in [1.807, 2.05) is 0 Å². The van der Waals surface area contributed by atoms with Gasteiger partial charge in [-0.25, -0.2) is 10.2 Å². The number of nitrogens with zero attached hydrogens (tertiary/aromatic N) is 1. The van der Waals surface area contributed by atoms with Gasteiger partial charge in [0.1, 0.15) is 11.3 Å². The lowest BCUT2D eigenvalue weighted by Gasteiger charge is -2.05. The van der Waals surface area contributed by atoms with E-state index in [4.69, 9.17) is 21.4 Å². The molecule has 0 aliphatic rings. The fourth-order valence-electron chi connectivity index (χ4n) is 1.84. The highest BCUT2D eigenvalue weighted by atomic mass is 35.5. The Morgan fingerprint density at radius 1 is 1.22 bits per heavy atom. The van der Waals surface area contributed by atoms with Crippen LogP contribution in [0.15, 0.2) is 47.6 Å². The number of nitrogens with one attached hydrogen (secondary N) is 1. The number of hydrogen-bond donors (Lipinski definition) is 2. The summed E-state index contributed by atoms with van der Waals surface area (Å²) in [7, 11) is 1.39. The van der Waals surface area contributed by atoms with E-state index in [2.05, 4.69) is 10.5 Å². The van der Waals surface area contributed by atoms with Crippen LogP contribution in [0.3, 0.4) is 0 Å². The highest BCUT2D eigenvalue weighted by Crippen LogP contribution is 2.19. The first-order chi connectivity index (χ1) is 11.0. The molecule has 0 aromatic heterocycles.